The minimum Gasteiger partial charge on any atom is -0.456 e. The quantitative estimate of drug-likeness (QED) is 0.168. The molecule has 0 spiro atoms. The van der Waals surface area contributed by atoms with Crippen LogP contribution < -0.4 is 0 Å². The number of fused-ring (bicyclic) bond motifs is 7. The minimum atomic E-state index is 0.578. The molecule has 0 amide bonds. The van der Waals surface area contributed by atoms with Crippen molar-refractivity contribution in [2.24, 2.45) is 0 Å². The molecule has 0 N–H and O–H groups in total. The van der Waals surface area contributed by atoms with Gasteiger partial charge in [-0.05, 0) is 65.7 Å². The van der Waals surface area contributed by atoms with Gasteiger partial charge >= 0.3 is 0 Å². The number of hydrogen-bond acceptors (Lipinski definition) is 6. The second-order valence-electron chi connectivity index (χ2n) is 14.6. The lowest BCUT2D eigenvalue weighted by Crippen LogP contribution is -2.00. The first-order valence-corrected chi connectivity index (χ1v) is 20.4. The first kappa shape index (κ1) is 33.4. The standard InChI is InChI=1S/C52H31N5OS/c1-3-14-32(15-4-1)49-54-50(34-17-11-16-33(30-34)37-21-12-22-39-38-20-7-10-27-46(38)59-48(37)39)56-51(55-49)41-23-13-26-44-47(41)40-29-28-35(31-45(40)58-44)52-53-42-24-8-9-25-43(42)57(52)36-18-5-2-6-19-36/h1-31H. The minimum absolute atomic E-state index is 0.578. The fourth-order valence-electron chi connectivity index (χ4n) is 8.35. The molecule has 0 aliphatic rings. The van der Waals surface area contributed by atoms with Crippen LogP contribution in [0.1, 0.15) is 0 Å². The highest BCUT2D eigenvalue weighted by atomic mass is 32.1. The molecule has 12 rings (SSSR count). The molecule has 8 aromatic carbocycles. The SMILES string of the molecule is c1ccc(-c2nc(-c3cccc(-c4cccc5c4sc4ccccc45)c3)nc(-c3cccc4oc5cc(-c6nc7ccccc7n6-c6ccccc6)ccc5c34)n2)cc1. The zero-order valence-corrected chi connectivity index (χ0v) is 32.3. The summed E-state index contributed by atoms with van der Waals surface area (Å²) in [6, 6.07) is 64.9. The van der Waals surface area contributed by atoms with Gasteiger partial charge in [-0.15, -0.1) is 11.3 Å². The first-order valence-electron chi connectivity index (χ1n) is 19.5. The predicted octanol–water partition coefficient (Wildman–Crippen LogP) is 13.8. The van der Waals surface area contributed by atoms with Crippen molar-refractivity contribution in [2.45, 2.75) is 0 Å². The number of hydrogen-bond donors (Lipinski definition) is 0. The van der Waals surface area contributed by atoms with Crippen LogP contribution in [0.5, 0.6) is 0 Å². The third kappa shape index (κ3) is 5.55. The first-order chi connectivity index (χ1) is 29.2. The number of thiophene rings is 1. The molecule has 0 bridgehead atoms. The summed E-state index contributed by atoms with van der Waals surface area (Å²) in [5.74, 6) is 2.63. The van der Waals surface area contributed by atoms with Crippen molar-refractivity contribution in [1.82, 2.24) is 24.5 Å². The van der Waals surface area contributed by atoms with Crippen molar-refractivity contribution in [1.29, 1.82) is 0 Å². The van der Waals surface area contributed by atoms with Gasteiger partial charge in [-0.1, -0.05) is 133 Å². The lowest BCUT2D eigenvalue weighted by molar-refractivity contribution is 0.669. The lowest BCUT2D eigenvalue weighted by Gasteiger charge is -2.11. The van der Waals surface area contributed by atoms with E-state index in [0.29, 0.717) is 17.5 Å². The van der Waals surface area contributed by atoms with Crippen LogP contribution in [0.4, 0.5) is 0 Å². The molecule has 6 nitrogen and oxygen atoms in total. The van der Waals surface area contributed by atoms with Gasteiger partial charge in [0.2, 0.25) is 0 Å². The van der Waals surface area contributed by atoms with E-state index in [1.165, 1.54) is 25.7 Å². The van der Waals surface area contributed by atoms with E-state index in [0.717, 1.165) is 72.3 Å². The number of imidazole rings is 1. The molecule has 4 heterocycles. The Bertz CT molecular complexity index is 3570. The summed E-state index contributed by atoms with van der Waals surface area (Å²) in [6.07, 6.45) is 0. The van der Waals surface area contributed by atoms with Crippen LogP contribution in [0.15, 0.2) is 192 Å². The summed E-state index contributed by atoms with van der Waals surface area (Å²) in [7, 11) is 0. The molecule has 0 aliphatic heterocycles. The third-order valence-corrected chi connectivity index (χ3v) is 12.3. The Balaban J connectivity index is 1.01. The smallest absolute Gasteiger partial charge is 0.164 e. The van der Waals surface area contributed by atoms with Gasteiger partial charge in [0.1, 0.15) is 17.0 Å². The zero-order chi connectivity index (χ0) is 38.9. The van der Waals surface area contributed by atoms with Crippen molar-refractivity contribution in [3.8, 4) is 62.4 Å². The molecular formula is C52H31N5OS. The monoisotopic (exact) mass is 773 g/mol. The molecule has 0 radical (unpaired) electrons. The summed E-state index contributed by atoms with van der Waals surface area (Å²) >= 11 is 1.83. The van der Waals surface area contributed by atoms with Gasteiger partial charge < -0.3 is 4.42 Å². The molecular weight excluding hydrogens is 743 g/mol. The fraction of sp³-hybridized carbons (Fsp3) is 0. The molecule has 0 aliphatic carbocycles. The topological polar surface area (TPSA) is 69.6 Å². The molecule has 59 heavy (non-hydrogen) atoms. The van der Waals surface area contributed by atoms with Gasteiger partial charge in [0.15, 0.2) is 17.5 Å². The van der Waals surface area contributed by atoms with Crippen molar-refractivity contribution < 1.29 is 4.42 Å². The number of nitrogens with zero attached hydrogens (tertiary/aromatic N) is 5. The van der Waals surface area contributed by atoms with Gasteiger partial charge in [0, 0.05) is 58.9 Å². The highest BCUT2D eigenvalue weighted by molar-refractivity contribution is 7.26. The predicted molar refractivity (Wildman–Crippen MR) is 242 cm³/mol. The molecule has 7 heteroatoms. The molecule has 0 saturated carbocycles. The van der Waals surface area contributed by atoms with Crippen molar-refractivity contribution in [2.75, 3.05) is 0 Å². The van der Waals surface area contributed by atoms with E-state index in [-0.39, 0.29) is 0 Å². The van der Waals surface area contributed by atoms with Gasteiger partial charge in [0.05, 0.1) is 11.0 Å². The Morgan fingerprint density at radius 2 is 1.10 bits per heavy atom. The maximum absolute atomic E-state index is 6.64. The number of para-hydroxylation sites is 3. The van der Waals surface area contributed by atoms with E-state index < -0.39 is 0 Å². The maximum atomic E-state index is 6.64. The van der Waals surface area contributed by atoms with Crippen LogP contribution in [0.2, 0.25) is 0 Å². The Labute approximate surface area is 342 Å². The van der Waals surface area contributed by atoms with Crippen LogP contribution in [0.3, 0.4) is 0 Å². The van der Waals surface area contributed by atoms with E-state index >= 15 is 0 Å². The Morgan fingerprint density at radius 3 is 2.00 bits per heavy atom. The molecule has 0 atom stereocenters. The van der Waals surface area contributed by atoms with Crippen LogP contribution in [0.25, 0.3) is 116 Å². The summed E-state index contributed by atoms with van der Waals surface area (Å²) in [5.41, 5.74) is 10.5. The second kappa shape index (κ2) is 13.4. The van der Waals surface area contributed by atoms with Gasteiger partial charge in [-0.2, -0.15) is 0 Å². The summed E-state index contributed by atoms with van der Waals surface area (Å²) in [5, 5.41) is 4.48. The molecule has 12 aromatic rings. The third-order valence-electron chi connectivity index (χ3n) is 11.1. The van der Waals surface area contributed by atoms with Crippen LogP contribution in [-0.4, -0.2) is 24.5 Å². The summed E-state index contributed by atoms with van der Waals surface area (Å²) < 4.78 is 11.4. The molecule has 0 fully saturated rings. The Morgan fingerprint density at radius 1 is 0.424 bits per heavy atom. The summed E-state index contributed by atoms with van der Waals surface area (Å²) in [6.45, 7) is 0. The van der Waals surface area contributed by atoms with E-state index in [1.807, 2.05) is 65.9 Å². The highest BCUT2D eigenvalue weighted by Gasteiger charge is 2.21. The highest BCUT2D eigenvalue weighted by Crippen LogP contribution is 2.42. The second-order valence-corrected chi connectivity index (χ2v) is 15.7. The normalized spacial score (nSPS) is 11.7. The lowest BCUT2D eigenvalue weighted by atomic mass is 10.0. The average Bonchev–Trinajstić information content (AvgIpc) is 4.01. The molecule has 0 unspecified atom stereocenters. The maximum Gasteiger partial charge on any atom is 0.164 e. The number of aromatic nitrogens is 5. The number of benzene rings is 8. The molecule has 4 aromatic heterocycles. The molecule has 0 saturated heterocycles. The zero-order valence-electron chi connectivity index (χ0n) is 31.5. The summed E-state index contributed by atoms with van der Waals surface area (Å²) in [4.78, 5) is 20.6. The van der Waals surface area contributed by atoms with Crippen LogP contribution in [-0.2, 0) is 0 Å². The van der Waals surface area contributed by atoms with Gasteiger partial charge in [-0.25, -0.2) is 19.9 Å². The number of furan rings is 1. The van der Waals surface area contributed by atoms with Gasteiger partial charge in [-0.3, -0.25) is 4.57 Å². The average molecular weight is 774 g/mol. The van der Waals surface area contributed by atoms with E-state index in [4.69, 9.17) is 24.4 Å². The van der Waals surface area contributed by atoms with Crippen molar-refractivity contribution in [3.63, 3.8) is 0 Å². The largest absolute Gasteiger partial charge is 0.456 e. The van der Waals surface area contributed by atoms with Crippen LogP contribution >= 0.6 is 11.3 Å². The van der Waals surface area contributed by atoms with E-state index in [1.54, 1.807) is 0 Å². The Hall–Kier alpha value is -7.74. The van der Waals surface area contributed by atoms with E-state index in [9.17, 15) is 0 Å². The van der Waals surface area contributed by atoms with E-state index in [2.05, 4.69) is 138 Å². The number of rotatable bonds is 6. The van der Waals surface area contributed by atoms with Crippen molar-refractivity contribution >= 4 is 64.5 Å². The van der Waals surface area contributed by atoms with Crippen LogP contribution in [0, 0.1) is 0 Å². The van der Waals surface area contributed by atoms with Gasteiger partial charge in [0.25, 0.3) is 0 Å². The van der Waals surface area contributed by atoms with Crippen molar-refractivity contribution in [3.05, 3.63) is 188 Å². The Kier molecular flexibility index (Phi) is 7.61. The molecule has 276 valence electrons. The fourth-order valence-corrected chi connectivity index (χ4v) is 9.59.